The van der Waals surface area contributed by atoms with Gasteiger partial charge in [-0.15, -0.1) is 0 Å². The van der Waals surface area contributed by atoms with Gasteiger partial charge in [-0.3, -0.25) is 0 Å². The minimum atomic E-state index is 0.405. The topological polar surface area (TPSA) is 59.1 Å². The Labute approximate surface area is 102 Å². The van der Waals surface area contributed by atoms with Crippen molar-refractivity contribution in [2.24, 2.45) is 0 Å². The van der Waals surface area contributed by atoms with Crippen molar-refractivity contribution in [1.29, 1.82) is 0 Å². The average Bonchev–Trinajstić information content (AvgIpc) is 2.27. The highest BCUT2D eigenvalue weighted by molar-refractivity contribution is 5.56. The molecule has 1 aliphatic rings. The van der Waals surface area contributed by atoms with Crippen LogP contribution in [0.15, 0.2) is 6.33 Å². The van der Waals surface area contributed by atoms with Gasteiger partial charge in [0.05, 0.1) is 6.10 Å². The standard InChI is InChI=1S/C12H20N4O/c1-4-13-11-8(2)12(15-7-14-11)16-9-5-10(6-9)17-3/h7,9-10H,4-6H2,1-3H3,(H2,13,14,15,16). The lowest BCUT2D eigenvalue weighted by Gasteiger charge is -2.35. The number of hydrogen-bond acceptors (Lipinski definition) is 5. The highest BCUT2D eigenvalue weighted by atomic mass is 16.5. The van der Waals surface area contributed by atoms with Gasteiger partial charge < -0.3 is 15.4 Å². The molecule has 1 saturated carbocycles. The normalized spacial score (nSPS) is 23.0. The van der Waals surface area contributed by atoms with E-state index >= 15 is 0 Å². The minimum absolute atomic E-state index is 0.405. The lowest BCUT2D eigenvalue weighted by Crippen LogP contribution is -2.40. The number of nitrogens with zero attached hydrogens (tertiary/aromatic N) is 2. The highest BCUT2D eigenvalue weighted by Crippen LogP contribution is 2.27. The van der Waals surface area contributed by atoms with Gasteiger partial charge in [-0.25, -0.2) is 9.97 Å². The SMILES string of the molecule is CCNc1ncnc(NC2CC(OC)C2)c1C. The number of ether oxygens (including phenoxy) is 1. The van der Waals surface area contributed by atoms with Crippen LogP contribution in [0.5, 0.6) is 0 Å². The summed E-state index contributed by atoms with van der Waals surface area (Å²) in [7, 11) is 1.76. The zero-order valence-electron chi connectivity index (χ0n) is 10.7. The van der Waals surface area contributed by atoms with Crippen molar-refractivity contribution in [2.75, 3.05) is 24.3 Å². The summed E-state index contributed by atoms with van der Waals surface area (Å²) < 4.78 is 5.26. The number of aromatic nitrogens is 2. The summed E-state index contributed by atoms with van der Waals surface area (Å²) in [5.74, 6) is 1.84. The molecule has 1 aromatic rings. The molecule has 0 aromatic carbocycles. The second kappa shape index (κ2) is 5.31. The van der Waals surface area contributed by atoms with Crippen molar-refractivity contribution in [3.8, 4) is 0 Å². The molecule has 94 valence electrons. The Bertz CT molecular complexity index is 377. The smallest absolute Gasteiger partial charge is 0.134 e. The van der Waals surface area contributed by atoms with Crippen molar-refractivity contribution >= 4 is 11.6 Å². The van der Waals surface area contributed by atoms with Gasteiger partial charge in [-0.1, -0.05) is 0 Å². The summed E-state index contributed by atoms with van der Waals surface area (Å²) in [6, 6.07) is 0.475. The molecule has 0 spiro atoms. The molecule has 1 aliphatic carbocycles. The molecule has 1 aromatic heterocycles. The zero-order chi connectivity index (χ0) is 12.3. The Kier molecular flexibility index (Phi) is 3.78. The summed E-state index contributed by atoms with van der Waals surface area (Å²) in [5.41, 5.74) is 1.08. The van der Waals surface area contributed by atoms with Gasteiger partial charge in [0, 0.05) is 25.3 Å². The first-order valence-corrected chi connectivity index (χ1v) is 6.09. The number of methoxy groups -OCH3 is 1. The first-order valence-electron chi connectivity index (χ1n) is 6.09. The third-order valence-corrected chi connectivity index (χ3v) is 3.20. The Balaban J connectivity index is 1.99. The van der Waals surface area contributed by atoms with E-state index in [1.165, 1.54) is 0 Å². The van der Waals surface area contributed by atoms with Crippen molar-refractivity contribution in [3.63, 3.8) is 0 Å². The molecule has 0 unspecified atom stereocenters. The van der Waals surface area contributed by atoms with E-state index in [9.17, 15) is 0 Å². The molecule has 5 nitrogen and oxygen atoms in total. The number of rotatable bonds is 5. The largest absolute Gasteiger partial charge is 0.381 e. The van der Waals surface area contributed by atoms with Crippen molar-refractivity contribution in [2.45, 2.75) is 38.8 Å². The van der Waals surface area contributed by atoms with E-state index in [1.807, 2.05) is 6.92 Å². The van der Waals surface area contributed by atoms with Gasteiger partial charge in [0.25, 0.3) is 0 Å². The molecule has 2 N–H and O–H groups in total. The third-order valence-electron chi connectivity index (χ3n) is 3.20. The molecule has 1 fully saturated rings. The van der Waals surface area contributed by atoms with Gasteiger partial charge in [-0.05, 0) is 26.7 Å². The monoisotopic (exact) mass is 236 g/mol. The number of anilines is 2. The Morgan fingerprint density at radius 2 is 2.06 bits per heavy atom. The molecule has 2 rings (SSSR count). The fourth-order valence-electron chi connectivity index (χ4n) is 2.01. The number of nitrogens with one attached hydrogen (secondary N) is 2. The van der Waals surface area contributed by atoms with E-state index in [-0.39, 0.29) is 0 Å². The van der Waals surface area contributed by atoms with E-state index in [1.54, 1.807) is 13.4 Å². The molecule has 0 aliphatic heterocycles. The Hall–Kier alpha value is -1.36. The van der Waals surface area contributed by atoms with Crippen LogP contribution in [0, 0.1) is 6.92 Å². The second-order valence-corrected chi connectivity index (χ2v) is 4.40. The van der Waals surface area contributed by atoms with Crippen molar-refractivity contribution in [1.82, 2.24) is 9.97 Å². The van der Waals surface area contributed by atoms with Gasteiger partial charge >= 0.3 is 0 Å². The van der Waals surface area contributed by atoms with E-state index in [4.69, 9.17) is 4.74 Å². The third kappa shape index (κ3) is 2.66. The maximum Gasteiger partial charge on any atom is 0.134 e. The van der Waals surface area contributed by atoms with E-state index < -0.39 is 0 Å². The highest BCUT2D eigenvalue weighted by Gasteiger charge is 2.29. The minimum Gasteiger partial charge on any atom is -0.381 e. The van der Waals surface area contributed by atoms with Gasteiger partial charge in [0.2, 0.25) is 0 Å². The summed E-state index contributed by atoms with van der Waals surface area (Å²) in [4.78, 5) is 8.51. The number of hydrogen-bond donors (Lipinski definition) is 2. The summed E-state index contributed by atoms with van der Waals surface area (Å²) in [6.07, 6.45) is 4.11. The fraction of sp³-hybridized carbons (Fsp3) is 0.667. The van der Waals surface area contributed by atoms with E-state index in [2.05, 4.69) is 27.5 Å². The first kappa shape index (κ1) is 12.1. The van der Waals surface area contributed by atoms with Crippen LogP contribution in [0.3, 0.4) is 0 Å². The van der Waals surface area contributed by atoms with E-state index in [0.29, 0.717) is 12.1 Å². The fourth-order valence-corrected chi connectivity index (χ4v) is 2.01. The maximum absolute atomic E-state index is 5.26. The second-order valence-electron chi connectivity index (χ2n) is 4.40. The molecule has 0 amide bonds. The molecular weight excluding hydrogens is 216 g/mol. The molecule has 0 atom stereocenters. The quantitative estimate of drug-likeness (QED) is 0.816. The predicted molar refractivity (Wildman–Crippen MR) is 68.4 cm³/mol. The summed E-state index contributed by atoms with van der Waals surface area (Å²) in [6.45, 7) is 4.96. The lowest BCUT2D eigenvalue weighted by molar-refractivity contribution is 0.0328. The Morgan fingerprint density at radius 3 is 2.71 bits per heavy atom. The first-order chi connectivity index (χ1) is 8.24. The van der Waals surface area contributed by atoms with Crippen molar-refractivity contribution in [3.05, 3.63) is 11.9 Å². The Morgan fingerprint density at radius 1 is 1.35 bits per heavy atom. The molecule has 0 saturated heterocycles. The maximum atomic E-state index is 5.26. The molecule has 17 heavy (non-hydrogen) atoms. The summed E-state index contributed by atoms with van der Waals surface area (Å²) in [5, 5.41) is 6.67. The molecular formula is C12H20N4O. The van der Waals surface area contributed by atoms with Crippen LogP contribution in [0.4, 0.5) is 11.6 Å². The van der Waals surface area contributed by atoms with Crippen molar-refractivity contribution < 1.29 is 4.74 Å². The van der Waals surface area contributed by atoms with Crippen LogP contribution in [0.25, 0.3) is 0 Å². The van der Waals surface area contributed by atoms with Crippen LogP contribution < -0.4 is 10.6 Å². The van der Waals surface area contributed by atoms with Crippen LogP contribution >= 0.6 is 0 Å². The molecule has 0 bridgehead atoms. The molecule has 1 heterocycles. The van der Waals surface area contributed by atoms with Crippen LogP contribution in [-0.2, 0) is 4.74 Å². The van der Waals surface area contributed by atoms with E-state index in [0.717, 1.165) is 36.6 Å². The van der Waals surface area contributed by atoms with Gasteiger partial charge in [-0.2, -0.15) is 0 Å². The van der Waals surface area contributed by atoms with Crippen LogP contribution in [0.2, 0.25) is 0 Å². The lowest BCUT2D eigenvalue weighted by atomic mass is 9.89. The molecule has 0 radical (unpaired) electrons. The predicted octanol–water partition coefficient (Wildman–Crippen LogP) is 1.81. The zero-order valence-corrected chi connectivity index (χ0v) is 10.7. The van der Waals surface area contributed by atoms with Gasteiger partial charge in [0.15, 0.2) is 0 Å². The van der Waals surface area contributed by atoms with Crippen LogP contribution in [0.1, 0.15) is 25.3 Å². The average molecular weight is 236 g/mol. The summed E-state index contributed by atoms with van der Waals surface area (Å²) >= 11 is 0. The van der Waals surface area contributed by atoms with Crippen LogP contribution in [-0.4, -0.2) is 35.8 Å². The molecule has 5 heteroatoms. The van der Waals surface area contributed by atoms with Gasteiger partial charge in [0.1, 0.15) is 18.0 Å².